The zero-order valence-electron chi connectivity index (χ0n) is 11.3. The first-order chi connectivity index (χ1) is 7.88. The molecule has 0 radical (unpaired) electrons. The average molecular weight is 222 g/mol. The molecule has 1 saturated heterocycles. The molecule has 2 aliphatic rings. The van der Waals surface area contributed by atoms with Gasteiger partial charge in [-0.05, 0) is 30.9 Å². The molecule has 0 aromatic rings. The fourth-order valence-electron chi connectivity index (χ4n) is 1.45. The number of rotatable bonds is 0. The van der Waals surface area contributed by atoms with E-state index in [1.54, 1.807) is 0 Å². The zero-order valence-corrected chi connectivity index (χ0v) is 11.3. The maximum Gasteiger partial charge on any atom is 0.118 e. The standard InChI is InChI=1S/C10H12O.C3H8.C2H6/c1-2-5-9-6-4-8-11-10(9)7-3-1;1-3-2;1-2/h1-2,5,7H,3-4,6,8H2;3H2,1-2H3;1-2H3. The summed E-state index contributed by atoms with van der Waals surface area (Å²) in [6.45, 7) is 9.14. The molecule has 1 aliphatic carbocycles. The van der Waals surface area contributed by atoms with Crippen LogP contribution in [-0.4, -0.2) is 6.61 Å². The van der Waals surface area contributed by atoms with Gasteiger partial charge < -0.3 is 4.74 Å². The highest BCUT2D eigenvalue weighted by Crippen LogP contribution is 2.25. The van der Waals surface area contributed by atoms with Crippen molar-refractivity contribution in [1.29, 1.82) is 0 Å². The van der Waals surface area contributed by atoms with E-state index < -0.39 is 0 Å². The van der Waals surface area contributed by atoms with E-state index in [0.717, 1.165) is 25.2 Å². The fourth-order valence-corrected chi connectivity index (χ4v) is 1.45. The molecule has 1 aliphatic heterocycles. The van der Waals surface area contributed by atoms with Crippen LogP contribution in [0.5, 0.6) is 0 Å². The van der Waals surface area contributed by atoms with Crippen LogP contribution in [0.15, 0.2) is 35.6 Å². The van der Waals surface area contributed by atoms with Gasteiger partial charge in [-0.1, -0.05) is 52.3 Å². The van der Waals surface area contributed by atoms with Crippen molar-refractivity contribution in [3.8, 4) is 0 Å². The topological polar surface area (TPSA) is 9.23 Å². The predicted octanol–water partition coefficient (Wildman–Crippen LogP) is 5.01. The molecule has 0 atom stereocenters. The van der Waals surface area contributed by atoms with Gasteiger partial charge in [-0.25, -0.2) is 0 Å². The van der Waals surface area contributed by atoms with E-state index >= 15 is 0 Å². The predicted molar refractivity (Wildman–Crippen MR) is 72.4 cm³/mol. The molecule has 0 amide bonds. The van der Waals surface area contributed by atoms with Crippen LogP contribution in [0.2, 0.25) is 0 Å². The Morgan fingerprint density at radius 1 is 1.25 bits per heavy atom. The van der Waals surface area contributed by atoms with E-state index in [1.807, 2.05) is 13.8 Å². The van der Waals surface area contributed by atoms with Gasteiger partial charge in [-0.3, -0.25) is 0 Å². The molecular weight excluding hydrogens is 196 g/mol. The van der Waals surface area contributed by atoms with Crippen LogP contribution in [0.3, 0.4) is 0 Å². The van der Waals surface area contributed by atoms with Crippen LogP contribution in [0.4, 0.5) is 0 Å². The van der Waals surface area contributed by atoms with E-state index in [4.69, 9.17) is 4.74 Å². The third kappa shape index (κ3) is 5.79. The highest BCUT2D eigenvalue weighted by molar-refractivity contribution is 5.33. The second-order valence-corrected chi connectivity index (χ2v) is 3.58. The molecule has 0 aromatic carbocycles. The monoisotopic (exact) mass is 222 g/mol. The Kier molecular flexibility index (Phi) is 9.89. The summed E-state index contributed by atoms with van der Waals surface area (Å²) in [5, 5.41) is 0. The molecule has 0 unspecified atom stereocenters. The lowest BCUT2D eigenvalue weighted by molar-refractivity contribution is 0.193. The van der Waals surface area contributed by atoms with Gasteiger partial charge in [-0.15, -0.1) is 0 Å². The summed E-state index contributed by atoms with van der Waals surface area (Å²) in [5.74, 6) is 1.11. The first-order valence-electron chi connectivity index (χ1n) is 6.57. The molecule has 0 aromatic heterocycles. The van der Waals surface area contributed by atoms with E-state index in [-0.39, 0.29) is 0 Å². The van der Waals surface area contributed by atoms with Gasteiger partial charge in [0.1, 0.15) is 5.76 Å². The molecule has 1 fully saturated rings. The molecule has 1 nitrogen and oxygen atoms in total. The summed E-state index contributed by atoms with van der Waals surface area (Å²) < 4.78 is 5.51. The molecule has 0 spiro atoms. The molecule has 1 heterocycles. The van der Waals surface area contributed by atoms with Gasteiger partial charge in [0, 0.05) is 0 Å². The van der Waals surface area contributed by atoms with Crippen LogP contribution >= 0.6 is 0 Å². The summed E-state index contributed by atoms with van der Waals surface area (Å²) in [7, 11) is 0. The Morgan fingerprint density at radius 2 is 1.94 bits per heavy atom. The zero-order chi connectivity index (χ0) is 12.2. The molecule has 0 saturated carbocycles. The molecule has 16 heavy (non-hydrogen) atoms. The summed E-state index contributed by atoms with van der Waals surface area (Å²) in [6, 6.07) is 0. The molecule has 1 heteroatoms. The smallest absolute Gasteiger partial charge is 0.118 e. The number of fused-ring (bicyclic) bond motifs is 1. The quantitative estimate of drug-likeness (QED) is 0.560. The lowest BCUT2D eigenvalue weighted by Gasteiger charge is -2.18. The maximum atomic E-state index is 5.51. The Morgan fingerprint density at radius 3 is 2.62 bits per heavy atom. The van der Waals surface area contributed by atoms with Gasteiger partial charge in [0.2, 0.25) is 0 Å². The minimum atomic E-state index is 0.892. The maximum absolute atomic E-state index is 5.51. The summed E-state index contributed by atoms with van der Waals surface area (Å²) >= 11 is 0. The normalized spacial score (nSPS) is 17.0. The Bertz CT molecular complexity index is 246. The van der Waals surface area contributed by atoms with Crippen LogP contribution in [-0.2, 0) is 4.74 Å². The lowest BCUT2D eigenvalue weighted by atomic mass is 10.1. The second-order valence-electron chi connectivity index (χ2n) is 3.58. The lowest BCUT2D eigenvalue weighted by Crippen LogP contribution is -2.05. The summed E-state index contributed by atoms with van der Waals surface area (Å²) in [5.41, 5.74) is 1.37. The highest BCUT2D eigenvalue weighted by atomic mass is 16.5. The van der Waals surface area contributed by atoms with E-state index in [1.165, 1.54) is 18.4 Å². The van der Waals surface area contributed by atoms with E-state index in [9.17, 15) is 0 Å². The number of ether oxygens (including phenoxy) is 1. The van der Waals surface area contributed by atoms with Crippen molar-refractivity contribution in [3.05, 3.63) is 35.6 Å². The third-order valence-electron chi connectivity index (χ3n) is 2.04. The molecule has 2 rings (SSSR count). The van der Waals surface area contributed by atoms with Crippen LogP contribution in [0.1, 0.15) is 53.4 Å². The van der Waals surface area contributed by atoms with Crippen molar-refractivity contribution in [2.45, 2.75) is 53.4 Å². The van der Waals surface area contributed by atoms with Crippen LogP contribution in [0.25, 0.3) is 0 Å². The number of allylic oxidation sites excluding steroid dienone is 5. The second kappa shape index (κ2) is 10.5. The largest absolute Gasteiger partial charge is 0.494 e. The highest BCUT2D eigenvalue weighted by Gasteiger charge is 2.11. The van der Waals surface area contributed by atoms with E-state index in [2.05, 4.69) is 38.2 Å². The van der Waals surface area contributed by atoms with Crippen molar-refractivity contribution < 1.29 is 4.74 Å². The van der Waals surface area contributed by atoms with Gasteiger partial charge in [0.05, 0.1) is 6.61 Å². The molecule has 0 N–H and O–H groups in total. The van der Waals surface area contributed by atoms with Gasteiger partial charge in [-0.2, -0.15) is 0 Å². The Hall–Kier alpha value is -0.980. The van der Waals surface area contributed by atoms with Crippen molar-refractivity contribution in [1.82, 2.24) is 0 Å². The summed E-state index contributed by atoms with van der Waals surface area (Å²) in [4.78, 5) is 0. The third-order valence-corrected chi connectivity index (χ3v) is 2.04. The van der Waals surface area contributed by atoms with Crippen molar-refractivity contribution >= 4 is 0 Å². The van der Waals surface area contributed by atoms with Crippen molar-refractivity contribution in [2.24, 2.45) is 0 Å². The Balaban J connectivity index is 0.000000394. The molecular formula is C15H26O. The number of hydrogen-bond acceptors (Lipinski definition) is 1. The SMILES string of the molecule is C1=CCC=C2OCCCC2=C1.CC.CCC. The fraction of sp³-hybridized carbons (Fsp3) is 0.600. The number of hydrogen-bond donors (Lipinski definition) is 0. The first kappa shape index (κ1) is 15.0. The van der Waals surface area contributed by atoms with Crippen LogP contribution < -0.4 is 0 Å². The van der Waals surface area contributed by atoms with Crippen molar-refractivity contribution in [2.75, 3.05) is 6.61 Å². The molecule has 0 bridgehead atoms. The minimum Gasteiger partial charge on any atom is -0.494 e. The first-order valence-corrected chi connectivity index (χ1v) is 6.57. The molecule has 92 valence electrons. The van der Waals surface area contributed by atoms with Crippen molar-refractivity contribution in [3.63, 3.8) is 0 Å². The van der Waals surface area contributed by atoms with E-state index in [0.29, 0.717) is 0 Å². The van der Waals surface area contributed by atoms with Gasteiger partial charge in [0.25, 0.3) is 0 Å². The minimum absolute atomic E-state index is 0.892. The summed E-state index contributed by atoms with van der Waals surface area (Å²) in [6.07, 6.45) is 13.2. The Labute approximate surface area is 101 Å². The average Bonchev–Trinajstić information content (AvgIpc) is 2.57. The van der Waals surface area contributed by atoms with Gasteiger partial charge >= 0.3 is 0 Å². The van der Waals surface area contributed by atoms with Crippen LogP contribution in [0, 0.1) is 0 Å². The van der Waals surface area contributed by atoms with Gasteiger partial charge in [0.15, 0.2) is 0 Å².